The van der Waals surface area contributed by atoms with E-state index in [1.165, 1.54) is 18.6 Å². The highest BCUT2D eigenvalue weighted by Gasteiger charge is 2.36. The van der Waals surface area contributed by atoms with Gasteiger partial charge >= 0.3 is 0 Å². The van der Waals surface area contributed by atoms with Crippen molar-refractivity contribution in [3.8, 4) is 11.8 Å². The van der Waals surface area contributed by atoms with Crippen LogP contribution in [0, 0.1) is 42.2 Å². The smallest absolute Gasteiger partial charge is 0.139 e. The Morgan fingerprint density at radius 3 is 2.47 bits per heavy atom. The van der Waals surface area contributed by atoms with E-state index >= 15 is 0 Å². The molecule has 4 rings (SSSR count). The predicted octanol–water partition coefficient (Wildman–Crippen LogP) is 6.76. The van der Waals surface area contributed by atoms with Crippen molar-refractivity contribution in [1.82, 2.24) is 0 Å². The highest BCUT2D eigenvalue weighted by molar-refractivity contribution is 5.45. The fraction of sp³-hybridized carbons (Fsp3) is 0.481. The first-order valence-electron chi connectivity index (χ1n) is 11.2. The summed E-state index contributed by atoms with van der Waals surface area (Å²) in [5, 5.41) is 0. The maximum Gasteiger partial charge on any atom is 0.139 e. The zero-order chi connectivity index (χ0) is 21.1. The van der Waals surface area contributed by atoms with Gasteiger partial charge in [0.1, 0.15) is 11.6 Å². The highest BCUT2D eigenvalue weighted by atomic mass is 19.1. The second-order valence-electron chi connectivity index (χ2n) is 8.89. The van der Waals surface area contributed by atoms with E-state index in [1.807, 2.05) is 25.1 Å². The second kappa shape index (κ2) is 9.31. The molecule has 0 N–H and O–H groups in total. The first-order valence-corrected chi connectivity index (χ1v) is 11.2. The number of hydrogen-bond donors (Lipinski definition) is 0. The maximum absolute atomic E-state index is 14.9. The molecule has 0 aromatic heterocycles. The van der Waals surface area contributed by atoms with Crippen molar-refractivity contribution in [3.05, 3.63) is 70.3 Å². The number of halogens is 2. The summed E-state index contributed by atoms with van der Waals surface area (Å²) >= 11 is 0. The molecule has 0 saturated heterocycles. The average molecular weight is 409 g/mol. The summed E-state index contributed by atoms with van der Waals surface area (Å²) in [5.41, 5.74) is 2.59. The Bertz CT molecular complexity index is 955. The van der Waals surface area contributed by atoms with E-state index < -0.39 is 0 Å². The van der Waals surface area contributed by atoms with Crippen LogP contribution in [0.5, 0.6) is 0 Å². The van der Waals surface area contributed by atoms with E-state index in [0.29, 0.717) is 23.1 Å². The van der Waals surface area contributed by atoms with Gasteiger partial charge in [-0.3, -0.25) is 0 Å². The summed E-state index contributed by atoms with van der Waals surface area (Å²) in [7, 11) is 0. The van der Waals surface area contributed by atoms with Gasteiger partial charge in [0.05, 0.1) is 11.7 Å². The van der Waals surface area contributed by atoms with E-state index in [4.69, 9.17) is 4.74 Å². The largest absolute Gasteiger partial charge is 0.378 e. The van der Waals surface area contributed by atoms with Crippen LogP contribution in [0.4, 0.5) is 8.78 Å². The Kier molecular flexibility index (Phi) is 6.54. The SMILES string of the molecule is CCOC1CCC2CC(c3ccc(C#Cc4ccc(C)cc4F)cc3F)CCC2C1. The van der Waals surface area contributed by atoms with Crippen molar-refractivity contribution in [1.29, 1.82) is 0 Å². The number of rotatable bonds is 3. The fourth-order valence-corrected chi connectivity index (χ4v) is 5.31. The van der Waals surface area contributed by atoms with Crippen LogP contribution in [0.15, 0.2) is 36.4 Å². The Labute approximate surface area is 178 Å². The lowest BCUT2D eigenvalue weighted by Crippen LogP contribution is -2.33. The molecular formula is C27H30F2O. The highest BCUT2D eigenvalue weighted by Crippen LogP contribution is 2.47. The van der Waals surface area contributed by atoms with E-state index in [1.54, 1.807) is 6.07 Å². The average Bonchev–Trinajstić information content (AvgIpc) is 2.73. The molecule has 0 aliphatic heterocycles. The van der Waals surface area contributed by atoms with Gasteiger partial charge in [-0.1, -0.05) is 24.0 Å². The van der Waals surface area contributed by atoms with E-state index in [0.717, 1.165) is 55.8 Å². The molecule has 0 radical (unpaired) electrons. The maximum atomic E-state index is 14.9. The van der Waals surface area contributed by atoms with Gasteiger partial charge in [0, 0.05) is 12.2 Å². The van der Waals surface area contributed by atoms with Crippen molar-refractivity contribution in [2.75, 3.05) is 6.61 Å². The molecule has 1 nitrogen and oxygen atoms in total. The zero-order valence-corrected chi connectivity index (χ0v) is 17.9. The number of aryl methyl sites for hydroxylation is 1. The number of hydrogen-bond acceptors (Lipinski definition) is 1. The van der Waals surface area contributed by atoms with Crippen LogP contribution in [0.2, 0.25) is 0 Å². The Morgan fingerprint density at radius 2 is 1.70 bits per heavy atom. The lowest BCUT2D eigenvalue weighted by molar-refractivity contribution is -0.00968. The van der Waals surface area contributed by atoms with Gasteiger partial charge in [-0.25, -0.2) is 8.78 Å². The van der Waals surface area contributed by atoms with Crippen LogP contribution in [0.25, 0.3) is 0 Å². The standard InChI is InChI=1S/C27H30F2O/c1-3-30-24-12-11-21-16-23(10-9-22(21)17-24)25-13-6-19(15-27(25)29)5-8-20-7-4-18(2)14-26(20)28/h4,6-7,13-15,21-24H,3,9-12,16-17H2,1-2H3. The molecule has 2 aliphatic rings. The molecular weight excluding hydrogens is 378 g/mol. The van der Waals surface area contributed by atoms with Gasteiger partial charge in [0.2, 0.25) is 0 Å². The summed E-state index contributed by atoms with van der Waals surface area (Å²) in [4.78, 5) is 0. The predicted molar refractivity (Wildman–Crippen MR) is 116 cm³/mol. The topological polar surface area (TPSA) is 9.23 Å². The van der Waals surface area contributed by atoms with E-state index in [2.05, 4.69) is 18.8 Å². The third-order valence-electron chi connectivity index (χ3n) is 6.87. The minimum atomic E-state index is -0.338. The number of ether oxygens (including phenoxy) is 1. The van der Waals surface area contributed by atoms with Crippen LogP contribution in [-0.4, -0.2) is 12.7 Å². The molecule has 0 heterocycles. The van der Waals surface area contributed by atoms with Crippen molar-refractivity contribution in [3.63, 3.8) is 0 Å². The fourth-order valence-electron chi connectivity index (χ4n) is 5.31. The molecule has 4 atom stereocenters. The van der Waals surface area contributed by atoms with Gasteiger partial charge in [-0.2, -0.15) is 0 Å². The van der Waals surface area contributed by atoms with E-state index in [-0.39, 0.29) is 17.6 Å². The lowest BCUT2D eigenvalue weighted by atomic mass is 9.65. The molecule has 30 heavy (non-hydrogen) atoms. The van der Waals surface area contributed by atoms with Crippen LogP contribution in [-0.2, 0) is 4.74 Å². The third-order valence-corrected chi connectivity index (χ3v) is 6.87. The zero-order valence-electron chi connectivity index (χ0n) is 17.9. The summed E-state index contributed by atoms with van der Waals surface area (Å²) < 4.78 is 34.7. The molecule has 0 amide bonds. The summed E-state index contributed by atoms with van der Waals surface area (Å²) in [6.07, 6.45) is 7.18. The normalized spacial score (nSPS) is 25.9. The van der Waals surface area contributed by atoms with Crippen LogP contribution in [0.1, 0.15) is 73.6 Å². The minimum absolute atomic E-state index is 0.183. The van der Waals surface area contributed by atoms with Crippen molar-refractivity contribution >= 4 is 0 Å². The van der Waals surface area contributed by atoms with Gasteiger partial charge in [-0.05, 0) is 106 Å². The van der Waals surface area contributed by atoms with Gasteiger partial charge < -0.3 is 4.74 Å². The lowest BCUT2D eigenvalue weighted by Gasteiger charge is -2.42. The van der Waals surface area contributed by atoms with E-state index in [9.17, 15) is 8.78 Å². The second-order valence-corrected chi connectivity index (χ2v) is 8.89. The molecule has 2 fully saturated rings. The first kappa shape index (κ1) is 21.1. The molecule has 158 valence electrons. The quantitative estimate of drug-likeness (QED) is 0.510. The van der Waals surface area contributed by atoms with Crippen molar-refractivity contribution < 1.29 is 13.5 Å². The van der Waals surface area contributed by atoms with Gasteiger partial charge in [-0.15, -0.1) is 0 Å². The van der Waals surface area contributed by atoms with Crippen LogP contribution in [0.3, 0.4) is 0 Å². The molecule has 0 bridgehead atoms. The van der Waals surface area contributed by atoms with Crippen LogP contribution < -0.4 is 0 Å². The molecule has 4 unspecified atom stereocenters. The summed E-state index contributed by atoms with van der Waals surface area (Å²) in [5.74, 6) is 6.91. The van der Waals surface area contributed by atoms with Crippen molar-refractivity contribution in [2.24, 2.45) is 11.8 Å². The third kappa shape index (κ3) is 4.76. The first-order chi connectivity index (χ1) is 14.5. The Hall–Kier alpha value is -2.18. The molecule has 2 aromatic rings. The molecule has 0 spiro atoms. The summed E-state index contributed by atoms with van der Waals surface area (Å²) in [6, 6.07) is 10.2. The summed E-state index contributed by atoms with van der Waals surface area (Å²) in [6.45, 7) is 4.70. The molecule has 2 aromatic carbocycles. The van der Waals surface area contributed by atoms with Crippen molar-refractivity contribution in [2.45, 2.75) is 64.4 Å². The number of fused-ring (bicyclic) bond motifs is 1. The van der Waals surface area contributed by atoms with Crippen LogP contribution >= 0.6 is 0 Å². The Morgan fingerprint density at radius 1 is 0.900 bits per heavy atom. The molecule has 3 heteroatoms. The molecule has 2 saturated carbocycles. The minimum Gasteiger partial charge on any atom is -0.378 e. The van der Waals surface area contributed by atoms with Gasteiger partial charge in [0.15, 0.2) is 0 Å². The Balaban J connectivity index is 1.44. The molecule has 2 aliphatic carbocycles. The monoisotopic (exact) mass is 408 g/mol. The number of benzene rings is 2. The van der Waals surface area contributed by atoms with Gasteiger partial charge in [0.25, 0.3) is 0 Å².